The van der Waals surface area contributed by atoms with Gasteiger partial charge in [0.25, 0.3) is 5.91 Å². The lowest BCUT2D eigenvalue weighted by molar-refractivity contribution is -0.115. The quantitative estimate of drug-likeness (QED) is 0.372. The van der Waals surface area contributed by atoms with Crippen molar-refractivity contribution in [3.05, 3.63) is 70.2 Å². The standard InChI is InChI=1S/C19H18BrN3O3S/c1-2-26-14-10-7-13(8-11-14)9-12-17(24)21-19(27)23-22-18(25)15-5-3-4-6-16(15)20/h3-12H,2H2,1H3,(H,22,25)(H2,21,23,24,27)/b12-9+. The molecule has 0 unspecified atom stereocenters. The normalized spacial score (nSPS) is 10.3. The average molecular weight is 448 g/mol. The van der Waals surface area contributed by atoms with Crippen molar-refractivity contribution < 1.29 is 14.3 Å². The van der Waals surface area contributed by atoms with E-state index in [-0.39, 0.29) is 11.0 Å². The third kappa shape index (κ3) is 6.84. The van der Waals surface area contributed by atoms with Crippen LogP contribution in [0.5, 0.6) is 5.75 Å². The molecule has 27 heavy (non-hydrogen) atoms. The lowest BCUT2D eigenvalue weighted by atomic mass is 10.2. The van der Waals surface area contributed by atoms with E-state index in [4.69, 9.17) is 17.0 Å². The number of thiocarbonyl (C=S) groups is 1. The molecule has 2 aromatic carbocycles. The molecule has 0 fully saturated rings. The molecule has 0 radical (unpaired) electrons. The second-order valence-corrected chi connectivity index (χ2v) is 6.48. The largest absolute Gasteiger partial charge is 0.494 e. The van der Waals surface area contributed by atoms with Gasteiger partial charge in [-0.25, -0.2) is 0 Å². The first-order valence-electron chi connectivity index (χ1n) is 8.06. The van der Waals surface area contributed by atoms with Crippen LogP contribution in [0.25, 0.3) is 6.08 Å². The van der Waals surface area contributed by atoms with Gasteiger partial charge in [0.05, 0.1) is 12.2 Å². The maximum atomic E-state index is 12.0. The van der Waals surface area contributed by atoms with Crippen LogP contribution in [-0.4, -0.2) is 23.5 Å². The minimum absolute atomic E-state index is 0.0169. The Morgan fingerprint density at radius 2 is 1.81 bits per heavy atom. The van der Waals surface area contributed by atoms with Crippen molar-refractivity contribution >= 4 is 51.2 Å². The number of hydrazine groups is 1. The first-order valence-corrected chi connectivity index (χ1v) is 9.26. The first-order chi connectivity index (χ1) is 13.0. The minimum Gasteiger partial charge on any atom is -0.494 e. The molecule has 0 aromatic heterocycles. The molecule has 0 bridgehead atoms. The molecular weight excluding hydrogens is 430 g/mol. The molecule has 0 saturated heterocycles. The van der Waals surface area contributed by atoms with Crippen LogP contribution in [0.2, 0.25) is 0 Å². The van der Waals surface area contributed by atoms with Gasteiger partial charge in [0, 0.05) is 10.5 Å². The number of carbonyl (C=O) groups excluding carboxylic acids is 2. The summed E-state index contributed by atoms with van der Waals surface area (Å²) in [6.45, 7) is 2.51. The number of ether oxygens (including phenoxy) is 1. The molecule has 0 spiro atoms. The Labute approximate surface area is 171 Å². The fourth-order valence-electron chi connectivity index (χ4n) is 2.02. The maximum absolute atomic E-state index is 12.0. The van der Waals surface area contributed by atoms with Gasteiger partial charge >= 0.3 is 0 Å². The van der Waals surface area contributed by atoms with Gasteiger partial charge in [-0.1, -0.05) is 24.3 Å². The number of halogens is 1. The Hall–Kier alpha value is -2.71. The van der Waals surface area contributed by atoms with Crippen molar-refractivity contribution in [2.24, 2.45) is 0 Å². The van der Waals surface area contributed by atoms with Crippen molar-refractivity contribution in [1.82, 2.24) is 16.2 Å². The third-order valence-corrected chi connectivity index (χ3v) is 4.16. The van der Waals surface area contributed by atoms with E-state index >= 15 is 0 Å². The Kier molecular flexibility index (Phi) is 7.97. The van der Waals surface area contributed by atoms with Gasteiger partial charge in [-0.3, -0.25) is 25.8 Å². The fourth-order valence-corrected chi connectivity index (χ4v) is 2.64. The minimum atomic E-state index is -0.420. The molecule has 3 N–H and O–H groups in total. The number of benzene rings is 2. The summed E-state index contributed by atoms with van der Waals surface area (Å²) < 4.78 is 6.01. The van der Waals surface area contributed by atoms with Gasteiger partial charge in [0.15, 0.2) is 5.11 Å². The Bertz CT molecular complexity index is 854. The Morgan fingerprint density at radius 3 is 2.48 bits per heavy atom. The molecule has 0 aliphatic rings. The van der Waals surface area contributed by atoms with Crippen LogP contribution in [-0.2, 0) is 4.79 Å². The van der Waals surface area contributed by atoms with Crippen molar-refractivity contribution in [3.8, 4) is 5.75 Å². The van der Waals surface area contributed by atoms with Gasteiger partial charge in [0.2, 0.25) is 5.91 Å². The van der Waals surface area contributed by atoms with Gasteiger partial charge in [-0.2, -0.15) is 0 Å². The second kappa shape index (κ2) is 10.4. The Balaban J connectivity index is 1.80. The summed E-state index contributed by atoms with van der Waals surface area (Å²) in [7, 11) is 0. The lowest BCUT2D eigenvalue weighted by Crippen LogP contribution is -2.48. The molecule has 0 heterocycles. The highest BCUT2D eigenvalue weighted by Crippen LogP contribution is 2.15. The van der Waals surface area contributed by atoms with Crippen LogP contribution in [0, 0.1) is 0 Å². The fraction of sp³-hybridized carbons (Fsp3) is 0.105. The molecule has 2 aromatic rings. The summed E-state index contributed by atoms with van der Waals surface area (Å²) >= 11 is 8.28. The van der Waals surface area contributed by atoms with Crippen LogP contribution < -0.4 is 20.9 Å². The number of hydrogen-bond donors (Lipinski definition) is 3. The molecule has 0 aliphatic carbocycles. The number of amides is 2. The van der Waals surface area contributed by atoms with Crippen LogP contribution in [0.1, 0.15) is 22.8 Å². The average Bonchev–Trinajstić information content (AvgIpc) is 2.66. The zero-order chi connectivity index (χ0) is 19.6. The summed E-state index contributed by atoms with van der Waals surface area (Å²) in [6, 6.07) is 14.3. The van der Waals surface area contributed by atoms with Crippen LogP contribution in [0.15, 0.2) is 59.1 Å². The summed E-state index contributed by atoms with van der Waals surface area (Å²) in [5.74, 6) is -0.0363. The molecule has 2 rings (SSSR count). The molecule has 6 nitrogen and oxygen atoms in total. The topological polar surface area (TPSA) is 79.5 Å². The summed E-state index contributed by atoms with van der Waals surface area (Å²) in [4.78, 5) is 23.9. The van der Waals surface area contributed by atoms with Crippen molar-refractivity contribution in [2.45, 2.75) is 6.92 Å². The van der Waals surface area contributed by atoms with E-state index in [9.17, 15) is 9.59 Å². The smallest absolute Gasteiger partial charge is 0.270 e. The van der Waals surface area contributed by atoms with Crippen molar-refractivity contribution in [2.75, 3.05) is 6.61 Å². The van der Waals surface area contributed by atoms with E-state index < -0.39 is 5.91 Å². The molecular formula is C19H18BrN3O3S. The number of nitrogens with one attached hydrogen (secondary N) is 3. The molecule has 0 atom stereocenters. The number of carbonyl (C=O) groups is 2. The van der Waals surface area contributed by atoms with E-state index in [1.54, 1.807) is 30.3 Å². The second-order valence-electron chi connectivity index (χ2n) is 5.21. The lowest BCUT2D eigenvalue weighted by Gasteiger charge is -2.10. The number of rotatable bonds is 5. The Morgan fingerprint density at radius 1 is 1.11 bits per heavy atom. The maximum Gasteiger partial charge on any atom is 0.270 e. The van der Waals surface area contributed by atoms with Gasteiger partial charge in [0.1, 0.15) is 5.75 Å². The van der Waals surface area contributed by atoms with E-state index in [2.05, 4.69) is 32.1 Å². The SMILES string of the molecule is CCOc1ccc(/C=C/C(=O)NC(=S)NNC(=O)c2ccccc2Br)cc1. The van der Waals surface area contributed by atoms with Crippen molar-refractivity contribution in [3.63, 3.8) is 0 Å². The van der Waals surface area contributed by atoms with Gasteiger partial charge in [-0.05, 0) is 71.0 Å². The summed E-state index contributed by atoms with van der Waals surface area (Å²) in [6.07, 6.45) is 2.99. The number of hydrogen-bond acceptors (Lipinski definition) is 4. The zero-order valence-corrected chi connectivity index (χ0v) is 16.9. The van der Waals surface area contributed by atoms with Gasteiger partial charge < -0.3 is 4.74 Å². The van der Waals surface area contributed by atoms with E-state index in [1.165, 1.54) is 6.08 Å². The molecule has 0 aliphatic heterocycles. The molecule has 8 heteroatoms. The molecule has 2 amide bonds. The van der Waals surface area contributed by atoms with Crippen LogP contribution in [0.3, 0.4) is 0 Å². The molecule has 140 valence electrons. The highest BCUT2D eigenvalue weighted by Gasteiger charge is 2.09. The van der Waals surface area contributed by atoms with Gasteiger partial charge in [-0.15, -0.1) is 0 Å². The third-order valence-electron chi connectivity index (χ3n) is 3.26. The van der Waals surface area contributed by atoms with E-state index in [1.807, 2.05) is 31.2 Å². The van der Waals surface area contributed by atoms with Crippen LogP contribution in [0.4, 0.5) is 0 Å². The predicted molar refractivity (Wildman–Crippen MR) is 112 cm³/mol. The first kappa shape index (κ1) is 20.6. The summed E-state index contributed by atoms with van der Waals surface area (Å²) in [5.41, 5.74) is 6.19. The monoisotopic (exact) mass is 447 g/mol. The molecule has 0 saturated carbocycles. The van der Waals surface area contributed by atoms with E-state index in [0.29, 0.717) is 16.6 Å². The van der Waals surface area contributed by atoms with Crippen LogP contribution >= 0.6 is 28.1 Å². The van der Waals surface area contributed by atoms with E-state index in [0.717, 1.165) is 11.3 Å². The highest BCUT2D eigenvalue weighted by molar-refractivity contribution is 9.10. The summed E-state index contributed by atoms with van der Waals surface area (Å²) in [5, 5.41) is 2.43. The highest BCUT2D eigenvalue weighted by atomic mass is 79.9. The zero-order valence-electron chi connectivity index (χ0n) is 14.5. The van der Waals surface area contributed by atoms with Crippen molar-refractivity contribution in [1.29, 1.82) is 0 Å². The predicted octanol–water partition coefficient (Wildman–Crippen LogP) is 3.20.